The minimum absolute atomic E-state index is 0.209. The van der Waals surface area contributed by atoms with Gasteiger partial charge in [0, 0.05) is 16.8 Å². The summed E-state index contributed by atoms with van der Waals surface area (Å²) < 4.78 is 0.856. The van der Waals surface area contributed by atoms with Gasteiger partial charge in [-0.15, -0.1) is 11.3 Å². The summed E-state index contributed by atoms with van der Waals surface area (Å²) in [7, 11) is 1.84. The number of aryl methyl sites for hydroxylation is 2. The van der Waals surface area contributed by atoms with E-state index in [4.69, 9.17) is 0 Å². The number of halogens is 1. The van der Waals surface area contributed by atoms with E-state index in [0.29, 0.717) is 0 Å². The van der Waals surface area contributed by atoms with E-state index < -0.39 is 0 Å². The molecule has 19 heavy (non-hydrogen) atoms. The van der Waals surface area contributed by atoms with Crippen molar-refractivity contribution in [1.82, 2.24) is 9.97 Å². The van der Waals surface area contributed by atoms with Crippen LogP contribution in [0.5, 0.6) is 0 Å². The molecule has 0 saturated carbocycles. The maximum Gasteiger partial charge on any atom is 0.146 e. The Balaban J connectivity index is 2.24. The van der Waals surface area contributed by atoms with Gasteiger partial charge in [-0.2, -0.15) is 0 Å². The summed E-state index contributed by atoms with van der Waals surface area (Å²) in [6.45, 7) is 6.43. The SMILES string of the molecule is CNc1ncnc(NC(C)c2cc(C)sc2C)c1Br. The van der Waals surface area contributed by atoms with E-state index in [1.54, 1.807) is 6.33 Å². The zero-order valence-corrected chi connectivity index (χ0v) is 13.8. The Bertz CT molecular complexity index is 582. The van der Waals surface area contributed by atoms with E-state index >= 15 is 0 Å². The molecule has 0 radical (unpaired) electrons. The van der Waals surface area contributed by atoms with Crippen LogP contribution < -0.4 is 10.6 Å². The lowest BCUT2D eigenvalue weighted by atomic mass is 10.1. The Labute approximate surface area is 125 Å². The van der Waals surface area contributed by atoms with Crippen LogP contribution in [0.1, 0.15) is 28.3 Å². The Morgan fingerprint density at radius 2 is 1.95 bits per heavy atom. The van der Waals surface area contributed by atoms with E-state index in [1.807, 2.05) is 18.4 Å². The van der Waals surface area contributed by atoms with Gasteiger partial charge in [0.05, 0.1) is 6.04 Å². The summed E-state index contributed by atoms with van der Waals surface area (Å²) in [6, 6.07) is 2.44. The van der Waals surface area contributed by atoms with Crippen molar-refractivity contribution >= 4 is 38.9 Å². The number of anilines is 2. The molecule has 6 heteroatoms. The molecule has 0 aliphatic rings. The molecule has 0 fully saturated rings. The van der Waals surface area contributed by atoms with E-state index in [-0.39, 0.29) is 6.04 Å². The Morgan fingerprint density at radius 3 is 2.53 bits per heavy atom. The molecule has 0 aliphatic carbocycles. The fourth-order valence-electron chi connectivity index (χ4n) is 2.01. The molecule has 102 valence electrons. The first-order valence-corrected chi connectivity index (χ1v) is 7.65. The second-order valence-corrected chi connectivity index (χ2v) is 6.62. The highest BCUT2D eigenvalue weighted by Gasteiger charge is 2.14. The van der Waals surface area contributed by atoms with Crippen molar-refractivity contribution in [3.05, 3.63) is 32.2 Å². The normalized spacial score (nSPS) is 12.3. The van der Waals surface area contributed by atoms with Gasteiger partial charge in [-0.05, 0) is 48.3 Å². The molecule has 2 rings (SSSR count). The number of nitrogens with zero attached hydrogens (tertiary/aromatic N) is 2. The zero-order chi connectivity index (χ0) is 14.0. The third-order valence-corrected chi connectivity index (χ3v) is 4.66. The van der Waals surface area contributed by atoms with Crippen LogP contribution in [0.25, 0.3) is 0 Å². The first kappa shape index (κ1) is 14.3. The number of nitrogens with one attached hydrogen (secondary N) is 2. The van der Waals surface area contributed by atoms with E-state index in [0.717, 1.165) is 16.1 Å². The zero-order valence-electron chi connectivity index (χ0n) is 11.4. The summed E-state index contributed by atoms with van der Waals surface area (Å²) in [4.78, 5) is 11.1. The van der Waals surface area contributed by atoms with E-state index in [2.05, 4.69) is 63.4 Å². The summed E-state index contributed by atoms with van der Waals surface area (Å²) in [5.74, 6) is 1.58. The Hall–Kier alpha value is -1.14. The molecule has 0 bridgehead atoms. The molecular weight excluding hydrogens is 324 g/mol. The van der Waals surface area contributed by atoms with Crippen LogP contribution in [0, 0.1) is 13.8 Å². The van der Waals surface area contributed by atoms with E-state index in [1.165, 1.54) is 15.3 Å². The molecular formula is C13H17BrN4S. The van der Waals surface area contributed by atoms with Crippen LogP contribution in [0.2, 0.25) is 0 Å². The average Bonchev–Trinajstić information content (AvgIpc) is 2.71. The third-order valence-electron chi connectivity index (χ3n) is 2.93. The monoisotopic (exact) mass is 340 g/mol. The second kappa shape index (κ2) is 5.88. The fourth-order valence-corrected chi connectivity index (χ4v) is 3.55. The van der Waals surface area contributed by atoms with Gasteiger partial charge < -0.3 is 10.6 Å². The molecule has 0 spiro atoms. The van der Waals surface area contributed by atoms with Crippen molar-refractivity contribution < 1.29 is 0 Å². The van der Waals surface area contributed by atoms with Crippen LogP contribution in [0.15, 0.2) is 16.9 Å². The van der Waals surface area contributed by atoms with Crippen LogP contribution in [-0.4, -0.2) is 17.0 Å². The highest BCUT2D eigenvalue weighted by Crippen LogP contribution is 2.32. The molecule has 2 heterocycles. The molecule has 1 unspecified atom stereocenters. The van der Waals surface area contributed by atoms with Crippen LogP contribution in [-0.2, 0) is 0 Å². The van der Waals surface area contributed by atoms with Crippen LogP contribution in [0.3, 0.4) is 0 Å². The van der Waals surface area contributed by atoms with Gasteiger partial charge in [-0.3, -0.25) is 0 Å². The van der Waals surface area contributed by atoms with Gasteiger partial charge in [0.2, 0.25) is 0 Å². The first-order valence-electron chi connectivity index (χ1n) is 6.04. The molecule has 0 aliphatic heterocycles. The minimum atomic E-state index is 0.209. The van der Waals surface area contributed by atoms with Crippen molar-refractivity contribution in [2.45, 2.75) is 26.8 Å². The Morgan fingerprint density at radius 1 is 1.26 bits per heavy atom. The summed E-state index contributed by atoms with van der Waals surface area (Å²) in [5.41, 5.74) is 1.32. The smallest absolute Gasteiger partial charge is 0.146 e. The van der Waals surface area contributed by atoms with Gasteiger partial charge >= 0.3 is 0 Å². The van der Waals surface area contributed by atoms with E-state index in [9.17, 15) is 0 Å². The fraction of sp³-hybridized carbons (Fsp3) is 0.385. The molecule has 0 saturated heterocycles. The minimum Gasteiger partial charge on any atom is -0.372 e. The standard InChI is InChI=1S/C13H17BrN4S/c1-7-5-10(9(3)19-7)8(2)18-13-11(14)12(15-4)16-6-17-13/h5-6,8H,1-4H3,(H2,15,16,17,18). The largest absolute Gasteiger partial charge is 0.372 e. The number of thiophene rings is 1. The molecule has 2 aromatic heterocycles. The predicted octanol–water partition coefficient (Wildman–Crippen LogP) is 4.13. The highest BCUT2D eigenvalue weighted by atomic mass is 79.9. The molecule has 2 aromatic rings. The number of hydrogen-bond acceptors (Lipinski definition) is 5. The molecule has 0 amide bonds. The van der Waals surface area contributed by atoms with Crippen molar-refractivity contribution in [2.75, 3.05) is 17.7 Å². The maximum atomic E-state index is 4.28. The van der Waals surface area contributed by atoms with Gasteiger partial charge in [0.1, 0.15) is 22.4 Å². The van der Waals surface area contributed by atoms with Gasteiger partial charge in [0.15, 0.2) is 0 Å². The number of aromatic nitrogens is 2. The molecule has 1 atom stereocenters. The maximum absolute atomic E-state index is 4.28. The number of rotatable bonds is 4. The van der Waals surface area contributed by atoms with Crippen molar-refractivity contribution in [3.63, 3.8) is 0 Å². The van der Waals surface area contributed by atoms with Gasteiger partial charge in [-0.1, -0.05) is 0 Å². The van der Waals surface area contributed by atoms with Gasteiger partial charge in [-0.25, -0.2) is 9.97 Å². The highest BCUT2D eigenvalue weighted by molar-refractivity contribution is 9.10. The summed E-state index contributed by atoms with van der Waals surface area (Å²) in [5, 5.41) is 6.45. The second-order valence-electron chi connectivity index (χ2n) is 4.37. The lowest BCUT2D eigenvalue weighted by Gasteiger charge is -2.16. The lowest BCUT2D eigenvalue weighted by Crippen LogP contribution is -2.10. The summed E-state index contributed by atoms with van der Waals surface area (Å²) >= 11 is 5.34. The lowest BCUT2D eigenvalue weighted by molar-refractivity contribution is 0.867. The van der Waals surface area contributed by atoms with Crippen molar-refractivity contribution in [3.8, 4) is 0 Å². The average molecular weight is 341 g/mol. The molecule has 2 N–H and O–H groups in total. The van der Waals surface area contributed by atoms with Crippen molar-refractivity contribution in [1.29, 1.82) is 0 Å². The van der Waals surface area contributed by atoms with Gasteiger partial charge in [0.25, 0.3) is 0 Å². The van der Waals surface area contributed by atoms with Crippen LogP contribution in [0.4, 0.5) is 11.6 Å². The molecule has 0 aromatic carbocycles. The Kier molecular flexibility index (Phi) is 4.42. The molecule has 4 nitrogen and oxygen atoms in total. The third kappa shape index (κ3) is 3.06. The number of hydrogen-bond donors (Lipinski definition) is 2. The predicted molar refractivity (Wildman–Crippen MR) is 85.1 cm³/mol. The summed E-state index contributed by atoms with van der Waals surface area (Å²) in [6.07, 6.45) is 1.55. The quantitative estimate of drug-likeness (QED) is 0.878. The first-order chi connectivity index (χ1) is 9.02. The van der Waals surface area contributed by atoms with Crippen LogP contribution >= 0.6 is 27.3 Å². The topological polar surface area (TPSA) is 49.8 Å². The van der Waals surface area contributed by atoms with Crippen molar-refractivity contribution in [2.24, 2.45) is 0 Å².